The first-order chi connectivity index (χ1) is 10.2. The lowest BCUT2D eigenvalue weighted by Gasteiger charge is -2.26. The largest absolute Gasteiger partial charge is 0.480 e. The summed E-state index contributed by atoms with van der Waals surface area (Å²) in [5, 5.41) is 11.6. The van der Waals surface area contributed by atoms with Crippen LogP contribution in [0.3, 0.4) is 0 Å². The van der Waals surface area contributed by atoms with Crippen molar-refractivity contribution in [2.75, 3.05) is 13.1 Å². The zero-order valence-electron chi connectivity index (χ0n) is 12.6. The number of amides is 2. The molecule has 0 aliphatic rings. The fraction of sp³-hybridized carbons (Fsp3) is 0.429. The molecule has 0 aliphatic heterocycles. The Hall–Kier alpha value is -2.22. The highest BCUT2D eigenvalue weighted by Crippen LogP contribution is 2.20. The van der Waals surface area contributed by atoms with Gasteiger partial charge in [0.25, 0.3) is 5.91 Å². The number of nitrogens with one attached hydrogen (secondary N) is 1. The minimum Gasteiger partial charge on any atom is -0.480 e. The summed E-state index contributed by atoms with van der Waals surface area (Å²) in [5.74, 6) is -2.03. The van der Waals surface area contributed by atoms with Gasteiger partial charge in [-0.25, -0.2) is 4.79 Å². The molecule has 1 rings (SSSR count). The Balaban J connectivity index is 2.92. The Morgan fingerprint density at radius 3 is 2.27 bits per heavy atom. The topological polar surface area (TPSA) is 104 Å². The van der Waals surface area contributed by atoms with Crippen LogP contribution < -0.4 is 5.32 Å². The first-order valence-electron chi connectivity index (χ1n) is 6.63. The monoisotopic (exact) mass is 326 g/mol. The van der Waals surface area contributed by atoms with E-state index in [1.165, 1.54) is 32.9 Å². The maximum atomic E-state index is 12.5. The van der Waals surface area contributed by atoms with Gasteiger partial charge in [-0.3, -0.25) is 14.4 Å². The molecule has 0 saturated heterocycles. The highest BCUT2D eigenvalue weighted by molar-refractivity contribution is 7.15. The fourth-order valence-electron chi connectivity index (χ4n) is 1.74. The molecule has 1 unspecified atom stereocenters. The molecule has 1 atom stereocenters. The third kappa shape index (κ3) is 4.66. The smallest absolute Gasteiger partial charge is 0.326 e. The predicted molar refractivity (Wildman–Crippen MR) is 81.1 cm³/mol. The number of nitrogens with zero attached hydrogens (tertiary/aromatic N) is 1. The van der Waals surface area contributed by atoms with Crippen molar-refractivity contribution in [3.63, 3.8) is 0 Å². The van der Waals surface area contributed by atoms with E-state index >= 15 is 0 Å². The van der Waals surface area contributed by atoms with E-state index in [1.807, 2.05) is 0 Å². The van der Waals surface area contributed by atoms with E-state index in [0.717, 1.165) is 16.2 Å². The average molecular weight is 326 g/mol. The minimum absolute atomic E-state index is 0.0686. The molecule has 22 heavy (non-hydrogen) atoms. The van der Waals surface area contributed by atoms with Crippen LogP contribution in [0, 0.1) is 0 Å². The molecule has 0 aliphatic carbocycles. The number of thiophene rings is 1. The Labute approximate surface area is 131 Å². The van der Waals surface area contributed by atoms with Crippen molar-refractivity contribution in [1.29, 1.82) is 0 Å². The summed E-state index contributed by atoms with van der Waals surface area (Å²) < 4.78 is 0. The van der Waals surface area contributed by atoms with Crippen molar-refractivity contribution in [2.45, 2.75) is 26.8 Å². The number of carbonyl (C=O) groups excluding carboxylic acids is 3. The SMILES string of the molecule is CC(=O)NCCN(C(=O)c1ccc(C(C)=O)s1)C(C)C(=O)O. The van der Waals surface area contributed by atoms with E-state index in [2.05, 4.69) is 5.32 Å². The number of rotatable bonds is 7. The van der Waals surface area contributed by atoms with Gasteiger partial charge < -0.3 is 15.3 Å². The molecule has 0 spiro atoms. The summed E-state index contributed by atoms with van der Waals surface area (Å²) in [7, 11) is 0. The van der Waals surface area contributed by atoms with Crippen LogP contribution >= 0.6 is 11.3 Å². The standard InChI is InChI=1S/C14H18N2O5S/c1-8(14(20)21)16(7-6-15-10(3)18)13(19)12-5-4-11(22-12)9(2)17/h4-5,8H,6-7H2,1-3H3,(H,15,18)(H,20,21). The van der Waals surface area contributed by atoms with Crippen molar-refractivity contribution in [3.8, 4) is 0 Å². The van der Waals surface area contributed by atoms with Gasteiger partial charge in [0.2, 0.25) is 5.91 Å². The van der Waals surface area contributed by atoms with Gasteiger partial charge in [-0.05, 0) is 26.0 Å². The van der Waals surface area contributed by atoms with Crippen LogP contribution in [0.4, 0.5) is 0 Å². The molecule has 0 radical (unpaired) electrons. The van der Waals surface area contributed by atoms with Gasteiger partial charge >= 0.3 is 5.97 Å². The fourth-order valence-corrected chi connectivity index (χ4v) is 2.60. The number of carboxylic acid groups (broad SMARTS) is 1. The first kappa shape index (κ1) is 17.8. The summed E-state index contributed by atoms with van der Waals surface area (Å²) in [4.78, 5) is 47.7. The van der Waals surface area contributed by atoms with Gasteiger partial charge in [0.1, 0.15) is 6.04 Å². The summed E-state index contributed by atoms with van der Waals surface area (Å²) in [5.41, 5.74) is 0. The maximum absolute atomic E-state index is 12.5. The number of carboxylic acids is 1. The van der Waals surface area contributed by atoms with Crippen molar-refractivity contribution in [3.05, 3.63) is 21.9 Å². The zero-order valence-corrected chi connectivity index (χ0v) is 13.4. The number of Topliss-reactive ketones (excluding diaryl/α,β-unsaturated/α-hetero) is 1. The minimum atomic E-state index is -1.14. The number of ketones is 1. The second kappa shape index (κ2) is 7.69. The molecule has 120 valence electrons. The van der Waals surface area contributed by atoms with Crippen LogP contribution in [0.5, 0.6) is 0 Å². The molecule has 0 aromatic carbocycles. The second-order valence-electron chi connectivity index (χ2n) is 4.72. The lowest BCUT2D eigenvalue weighted by molar-refractivity contribution is -0.141. The van der Waals surface area contributed by atoms with Crippen LogP contribution in [0.25, 0.3) is 0 Å². The van der Waals surface area contributed by atoms with Crippen molar-refractivity contribution in [2.24, 2.45) is 0 Å². The van der Waals surface area contributed by atoms with Crippen LogP contribution in [-0.4, -0.2) is 52.7 Å². The van der Waals surface area contributed by atoms with E-state index in [9.17, 15) is 19.2 Å². The van der Waals surface area contributed by atoms with E-state index in [-0.39, 0.29) is 24.8 Å². The highest BCUT2D eigenvalue weighted by Gasteiger charge is 2.27. The van der Waals surface area contributed by atoms with Crippen LogP contribution in [-0.2, 0) is 9.59 Å². The Bertz CT molecular complexity index is 596. The van der Waals surface area contributed by atoms with Crippen molar-refractivity contribution >= 4 is 34.9 Å². The molecule has 1 aromatic heterocycles. The third-order valence-corrected chi connectivity index (χ3v) is 4.15. The molecule has 0 bridgehead atoms. The van der Waals surface area contributed by atoms with Crippen molar-refractivity contribution in [1.82, 2.24) is 10.2 Å². The molecular weight excluding hydrogens is 308 g/mol. The predicted octanol–water partition coefficient (Wildman–Crippen LogP) is 1.00. The summed E-state index contributed by atoms with van der Waals surface area (Å²) in [6.45, 7) is 4.36. The number of hydrogen-bond acceptors (Lipinski definition) is 5. The Kier molecular flexibility index (Phi) is 6.24. The molecule has 8 heteroatoms. The maximum Gasteiger partial charge on any atom is 0.326 e. The Morgan fingerprint density at radius 2 is 1.82 bits per heavy atom. The lowest BCUT2D eigenvalue weighted by Crippen LogP contribution is -2.46. The number of hydrogen-bond donors (Lipinski definition) is 2. The molecule has 1 heterocycles. The normalized spacial score (nSPS) is 11.6. The molecule has 7 nitrogen and oxygen atoms in total. The quantitative estimate of drug-likeness (QED) is 0.728. The van der Waals surface area contributed by atoms with Crippen molar-refractivity contribution < 1.29 is 24.3 Å². The summed E-state index contributed by atoms with van der Waals surface area (Å²) >= 11 is 1.03. The van der Waals surface area contributed by atoms with Crippen LogP contribution in [0.2, 0.25) is 0 Å². The lowest BCUT2D eigenvalue weighted by atomic mass is 10.2. The molecular formula is C14H18N2O5S. The third-order valence-electron chi connectivity index (χ3n) is 2.98. The average Bonchev–Trinajstić information content (AvgIpc) is 2.91. The summed E-state index contributed by atoms with van der Waals surface area (Å²) in [6.07, 6.45) is 0. The van der Waals surface area contributed by atoms with E-state index in [1.54, 1.807) is 0 Å². The van der Waals surface area contributed by atoms with Crippen LogP contribution in [0.1, 0.15) is 40.1 Å². The molecule has 2 N–H and O–H groups in total. The first-order valence-corrected chi connectivity index (χ1v) is 7.44. The molecule has 2 amide bonds. The van der Waals surface area contributed by atoms with Gasteiger partial charge in [0, 0.05) is 20.0 Å². The van der Waals surface area contributed by atoms with E-state index < -0.39 is 17.9 Å². The Morgan fingerprint density at radius 1 is 1.23 bits per heavy atom. The summed E-state index contributed by atoms with van der Waals surface area (Å²) in [6, 6.07) is 2.01. The van der Waals surface area contributed by atoms with E-state index in [0.29, 0.717) is 9.75 Å². The zero-order chi connectivity index (χ0) is 16.9. The molecule has 0 fully saturated rings. The van der Waals surface area contributed by atoms with Gasteiger partial charge in [-0.1, -0.05) is 0 Å². The second-order valence-corrected chi connectivity index (χ2v) is 5.80. The number of carbonyl (C=O) groups is 4. The highest BCUT2D eigenvalue weighted by atomic mass is 32.1. The van der Waals surface area contributed by atoms with Gasteiger partial charge in [0.15, 0.2) is 5.78 Å². The van der Waals surface area contributed by atoms with E-state index in [4.69, 9.17) is 5.11 Å². The number of aliphatic carboxylic acids is 1. The van der Waals surface area contributed by atoms with Gasteiger partial charge in [0.05, 0.1) is 9.75 Å². The molecule has 0 saturated carbocycles. The van der Waals surface area contributed by atoms with Crippen LogP contribution in [0.15, 0.2) is 12.1 Å². The van der Waals surface area contributed by atoms with Gasteiger partial charge in [-0.2, -0.15) is 0 Å². The van der Waals surface area contributed by atoms with Gasteiger partial charge in [-0.15, -0.1) is 11.3 Å². The molecule has 1 aromatic rings.